The van der Waals surface area contributed by atoms with Crippen molar-refractivity contribution in [1.29, 1.82) is 5.26 Å². The molecule has 0 aliphatic rings. The highest BCUT2D eigenvalue weighted by Gasteiger charge is 2.05. The summed E-state index contributed by atoms with van der Waals surface area (Å²) in [6, 6.07) is 11.7. The molecule has 0 saturated carbocycles. The minimum absolute atomic E-state index is 0.336. The molecule has 90 valence electrons. The van der Waals surface area contributed by atoms with Crippen LogP contribution in [0.1, 0.15) is 11.1 Å². The van der Waals surface area contributed by atoms with Crippen LogP contribution in [0.2, 0.25) is 0 Å². The summed E-state index contributed by atoms with van der Waals surface area (Å²) in [7, 11) is 0. The zero-order valence-corrected chi connectivity index (χ0v) is 9.87. The molecular weight excluding hydrogens is 229 g/mol. The molecule has 0 bridgehead atoms. The lowest BCUT2D eigenvalue weighted by Crippen LogP contribution is -1.97. The Morgan fingerprint density at radius 3 is 2.61 bits per heavy atom. The van der Waals surface area contributed by atoms with Crippen LogP contribution in [0.5, 0.6) is 0 Å². The monoisotopic (exact) mass is 241 g/mol. The number of nitrogens with one attached hydrogen (secondary N) is 1. The van der Waals surface area contributed by atoms with Crippen molar-refractivity contribution in [3.8, 4) is 6.07 Å². The smallest absolute Gasteiger partial charge is 0.148 e. The predicted octanol–water partition coefficient (Wildman–Crippen LogP) is 3.33. The summed E-state index contributed by atoms with van der Waals surface area (Å²) in [6.45, 7) is 1.89. The highest BCUT2D eigenvalue weighted by atomic mass is 19.1. The second-order valence-corrected chi connectivity index (χ2v) is 4.01. The summed E-state index contributed by atoms with van der Waals surface area (Å²) >= 11 is 0. The molecule has 3 N–H and O–H groups in total. The van der Waals surface area contributed by atoms with Crippen molar-refractivity contribution >= 4 is 17.1 Å². The second kappa shape index (κ2) is 4.76. The van der Waals surface area contributed by atoms with Gasteiger partial charge in [-0.15, -0.1) is 0 Å². The van der Waals surface area contributed by atoms with Crippen LogP contribution in [0, 0.1) is 24.1 Å². The fourth-order valence-electron chi connectivity index (χ4n) is 1.60. The van der Waals surface area contributed by atoms with Gasteiger partial charge in [0, 0.05) is 11.4 Å². The predicted molar refractivity (Wildman–Crippen MR) is 70.0 cm³/mol. The minimum Gasteiger partial charge on any atom is -0.399 e. The lowest BCUT2D eigenvalue weighted by molar-refractivity contribution is 0.632. The summed E-state index contributed by atoms with van der Waals surface area (Å²) in [5.74, 6) is -0.420. The number of halogens is 1. The van der Waals surface area contributed by atoms with Gasteiger partial charge in [-0.1, -0.05) is 6.07 Å². The maximum atomic E-state index is 13.6. The molecule has 2 aromatic carbocycles. The Balaban J connectivity index is 2.37. The summed E-state index contributed by atoms with van der Waals surface area (Å²) in [5, 5.41) is 11.8. The molecule has 2 aromatic rings. The van der Waals surface area contributed by atoms with Crippen LogP contribution in [0.15, 0.2) is 36.4 Å². The van der Waals surface area contributed by atoms with Crippen molar-refractivity contribution in [2.45, 2.75) is 6.92 Å². The van der Waals surface area contributed by atoms with E-state index in [1.807, 2.05) is 13.0 Å². The molecule has 3 nitrogen and oxygen atoms in total. The maximum Gasteiger partial charge on any atom is 0.148 e. The summed E-state index contributed by atoms with van der Waals surface area (Å²) in [4.78, 5) is 0. The number of benzene rings is 2. The number of hydrogen-bond donors (Lipinski definition) is 2. The molecule has 4 heteroatoms. The molecule has 2 rings (SSSR count). The first kappa shape index (κ1) is 11.9. The van der Waals surface area contributed by atoms with Crippen LogP contribution in [-0.2, 0) is 0 Å². The average molecular weight is 241 g/mol. The Morgan fingerprint density at radius 2 is 1.94 bits per heavy atom. The van der Waals surface area contributed by atoms with E-state index in [9.17, 15) is 4.39 Å². The van der Waals surface area contributed by atoms with Crippen LogP contribution < -0.4 is 11.1 Å². The Hall–Kier alpha value is -2.54. The standard InChI is InChI=1S/C14H12FN3/c1-9-2-3-10(8-16)6-14(9)18-13-5-4-11(17)7-12(13)15/h2-7,18H,17H2,1H3. The molecule has 0 amide bonds. The van der Waals surface area contributed by atoms with Gasteiger partial charge in [0.1, 0.15) is 5.82 Å². The third-order valence-electron chi connectivity index (χ3n) is 2.63. The number of rotatable bonds is 2. The molecule has 0 fully saturated rings. The lowest BCUT2D eigenvalue weighted by atomic mass is 10.1. The van der Waals surface area contributed by atoms with Gasteiger partial charge in [0.15, 0.2) is 0 Å². The average Bonchev–Trinajstić information content (AvgIpc) is 2.35. The minimum atomic E-state index is -0.420. The molecule has 0 aliphatic heterocycles. The fraction of sp³-hybridized carbons (Fsp3) is 0.0714. The molecule has 0 unspecified atom stereocenters. The zero-order valence-electron chi connectivity index (χ0n) is 9.87. The Kier molecular flexibility index (Phi) is 3.16. The van der Waals surface area contributed by atoms with Gasteiger partial charge < -0.3 is 11.1 Å². The molecule has 18 heavy (non-hydrogen) atoms. The molecular formula is C14H12FN3. The molecule has 0 aliphatic carbocycles. The second-order valence-electron chi connectivity index (χ2n) is 4.01. The Morgan fingerprint density at radius 1 is 1.17 bits per heavy atom. The van der Waals surface area contributed by atoms with Crippen molar-refractivity contribution in [2.24, 2.45) is 0 Å². The van der Waals surface area contributed by atoms with Gasteiger partial charge in [0.2, 0.25) is 0 Å². The van der Waals surface area contributed by atoms with Crippen molar-refractivity contribution in [1.82, 2.24) is 0 Å². The first-order valence-corrected chi connectivity index (χ1v) is 5.43. The van der Waals surface area contributed by atoms with E-state index < -0.39 is 5.82 Å². The topological polar surface area (TPSA) is 61.8 Å². The van der Waals surface area contributed by atoms with E-state index in [2.05, 4.69) is 11.4 Å². The number of nitrogens with zero attached hydrogens (tertiary/aromatic N) is 1. The van der Waals surface area contributed by atoms with Crippen molar-refractivity contribution < 1.29 is 4.39 Å². The summed E-state index contributed by atoms with van der Waals surface area (Å²) in [5.41, 5.74) is 8.37. The third-order valence-corrected chi connectivity index (χ3v) is 2.63. The molecule has 0 spiro atoms. The van der Waals surface area contributed by atoms with Gasteiger partial charge in [0.25, 0.3) is 0 Å². The number of nitriles is 1. The number of nitrogens with two attached hydrogens (primary N) is 1. The van der Waals surface area contributed by atoms with Gasteiger partial charge in [0.05, 0.1) is 17.3 Å². The van der Waals surface area contributed by atoms with E-state index in [-0.39, 0.29) is 0 Å². The van der Waals surface area contributed by atoms with Gasteiger partial charge in [-0.05, 0) is 42.8 Å². The molecule has 0 atom stereocenters. The van der Waals surface area contributed by atoms with Gasteiger partial charge in [-0.25, -0.2) is 4.39 Å². The number of hydrogen-bond acceptors (Lipinski definition) is 3. The van der Waals surface area contributed by atoms with Gasteiger partial charge in [-0.3, -0.25) is 0 Å². The van der Waals surface area contributed by atoms with Crippen molar-refractivity contribution in [2.75, 3.05) is 11.1 Å². The molecule has 0 radical (unpaired) electrons. The molecule has 0 aromatic heterocycles. The highest BCUT2D eigenvalue weighted by Crippen LogP contribution is 2.24. The van der Waals surface area contributed by atoms with E-state index in [4.69, 9.17) is 11.0 Å². The Labute approximate surface area is 105 Å². The SMILES string of the molecule is Cc1ccc(C#N)cc1Nc1ccc(N)cc1F. The molecule has 0 heterocycles. The van der Waals surface area contributed by atoms with E-state index >= 15 is 0 Å². The first-order chi connectivity index (χ1) is 8.60. The van der Waals surface area contributed by atoms with Crippen LogP contribution in [-0.4, -0.2) is 0 Å². The van der Waals surface area contributed by atoms with Crippen LogP contribution in [0.25, 0.3) is 0 Å². The van der Waals surface area contributed by atoms with Crippen LogP contribution in [0.4, 0.5) is 21.5 Å². The van der Waals surface area contributed by atoms with Gasteiger partial charge >= 0.3 is 0 Å². The maximum absolute atomic E-state index is 13.6. The number of nitrogen functional groups attached to an aromatic ring is 1. The van der Waals surface area contributed by atoms with Gasteiger partial charge in [-0.2, -0.15) is 5.26 Å². The van der Waals surface area contributed by atoms with Crippen molar-refractivity contribution in [3.63, 3.8) is 0 Å². The van der Waals surface area contributed by atoms with E-state index in [1.54, 1.807) is 24.3 Å². The Bertz CT molecular complexity index is 629. The van der Waals surface area contributed by atoms with E-state index in [0.717, 1.165) is 5.56 Å². The van der Waals surface area contributed by atoms with Crippen LogP contribution >= 0.6 is 0 Å². The molecule has 0 saturated heterocycles. The summed E-state index contributed by atoms with van der Waals surface area (Å²) < 4.78 is 13.6. The quantitative estimate of drug-likeness (QED) is 0.793. The van der Waals surface area contributed by atoms with Crippen LogP contribution in [0.3, 0.4) is 0 Å². The lowest BCUT2D eigenvalue weighted by Gasteiger charge is -2.11. The zero-order chi connectivity index (χ0) is 13.1. The third kappa shape index (κ3) is 2.41. The number of aryl methyl sites for hydroxylation is 1. The normalized spacial score (nSPS) is 9.83. The van der Waals surface area contributed by atoms with E-state index in [0.29, 0.717) is 22.6 Å². The van der Waals surface area contributed by atoms with Crippen molar-refractivity contribution in [3.05, 3.63) is 53.3 Å². The largest absolute Gasteiger partial charge is 0.399 e. The van der Waals surface area contributed by atoms with E-state index in [1.165, 1.54) is 6.07 Å². The fourth-order valence-corrected chi connectivity index (χ4v) is 1.60. The summed E-state index contributed by atoms with van der Waals surface area (Å²) in [6.07, 6.45) is 0. The number of anilines is 3. The highest BCUT2D eigenvalue weighted by molar-refractivity contribution is 5.66. The first-order valence-electron chi connectivity index (χ1n) is 5.43.